The van der Waals surface area contributed by atoms with Gasteiger partial charge < -0.3 is 5.32 Å². The van der Waals surface area contributed by atoms with E-state index in [1.165, 1.54) is 25.0 Å². The number of halogens is 1. The fourth-order valence-corrected chi connectivity index (χ4v) is 2.59. The summed E-state index contributed by atoms with van der Waals surface area (Å²) in [6, 6.07) is 12.6. The SMILES string of the molecule is Fc1cccc(-c2cccc(C3CCCNC3)n2)c1. The Morgan fingerprint density at radius 2 is 2.05 bits per heavy atom. The standard InChI is InChI=1S/C16H17FN2/c17-14-6-1-4-12(10-14)15-7-2-8-16(19-15)13-5-3-9-18-11-13/h1-2,4,6-8,10,13,18H,3,5,9,11H2. The molecule has 1 aromatic carbocycles. The van der Waals surface area contributed by atoms with Gasteiger partial charge in [0, 0.05) is 23.7 Å². The summed E-state index contributed by atoms with van der Waals surface area (Å²) in [6.45, 7) is 2.08. The van der Waals surface area contributed by atoms with E-state index in [0.717, 1.165) is 30.0 Å². The molecule has 1 aliphatic heterocycles. The van der Waals surface area contributed by atoms with Crippen LogP contribution in [0.3, 0.4) is 0 Å². The monoisotopic (exact) mass is 256 g/mol. The molecule has 0 radical (unpaired) electrons. The van der Waals surface area contributed by atoms with Crippen molar-refractivity contribution in [2.75, 3.05) is 13.1 Å². The third kappa shape index (κ3) is 2.82. The summed E-state index contributed by atoms with van der Waals surface area (Å²) in [5.74, 6) is 0.256. The molecule has 1 saturated heterocycles. The Balaban J connectivity index is 1.91. The highest BCUT2D eigenvalue weighted by Crippen LogP contribution is 2.24. The number of benzene rings is 1. The van der Waals surface area contributed by atoms with E-state index in [1.54, 1.807) is 6.07 Å². The second-order valence-corrected chi connectivity index (χ2v) is 5.00. The maximum Gasteiger partial charge on any atom is 0.123 e. The van der Waals surface area contributed by atoms with Crippen molar-refractivity contribution in [2.45, 2.75) is 18.8 Å². The van der Waals surface area contributed by atoms with Crippen molar-refractivity contribution in [1.82, 2.24) is 10.3 Å². The minimum absolute atomic E-state index is 0.218. The fourth-order valence-electron chi connectivity index (χ4n) is 2.59. The van der Waals surface area contributed by atoms with Gasteiger partial charge in [-0.2, -0.15) is 0 Å². The average molecular weight is 256 g/mol. The molecule has 3 rings (SSSR count). The van der Waals surface area contributed by atoms with Crippen molar-refractivity contribution in [3.05, 3.63) is 54.0 Å². The molecule has 3 heteroatoms. The van der Waals surface area contributed by atoms with Gasteiger partial charge in [-0.1, -0.05) is 18.2 Å². The van der Waals surface area contributed by atoms with Crippen LogP contribution in [-0.2, 0) is 0 Å². The Labute approximate surface area is 112 Å². The first-order valence-corrected chi connectivity index (χ1v) is 6.76. The number of aromatic nitrogens is 1. The van der Waals surface area contributed by atoms with E-state index in [0.29, 0.717) is 5.92 Å². The zero-order valence-corrected chi connectivity index (χ0v) is 10.8. The molecule has 1 aliphatic rings. The predicted molar refractivity (Wildman–Crippen MR) is 74.5 cm³/mol. The van der Waals surface area contributed by atoms with Crippen LogP contribution in [-0.4, -0.2) is 18.1 Å². The van der Waals surface area contributed by atoms with Gasteiger partial charge in [0.15, 0.2) is 0 Å². The summed E-state index contributed by atoms with van der Waals surface area (Å²) in [5.41, 5.74) is 2.79. The first kappa shape index (κ1) is 12.3. The Kier molecular flexibility index (Phi) is 3.56. The van der Waals surface area contributed by atoms with E-state index in [2.05, 4.69) is 11.4 Å². The maximum atomic E-state index is 13.3. The molecule has 1 N–H and O–H groups in total. The van der Waals surface area contributed by atoms with Crippen LogP contribution in [0.2, 0.25) is 0 Å². The summed E-state index contributed by atoms with van der Waals surface area (Å²) >= 11 is 0. The normalized spacial score (nSPS) is 19.3. The van der Waals surface area contributed by atoms with Gasteiger partial charge in [0.05, 0.1) is 5.69 Å². The summed E-state index contributed by atoms with van der Waals surface area (Å²) in [5, 5.41) is 3.40. The smallest absolute Gasteiger partial charge is 0.123 e. The molecule has 1 fully saturated rings. The van der Waals surface area contributed by atoms with Gasteiger partial charge in [-0.15, -0.1) is 0 Å². The van der Waals surface area contributed by atoms with Crippen molar-refractivity contribution >= 4 is 0 Å². The molecule has 0 spiro atoms. The van der Waals surface area contributed by atoms with Crippen LogP contribution in [0, 0.1) is 5.82 Å². The summed E-state index contributed by atoms with van der Waals surface area (Å²) in [7, 11) is 0. The second-order valence-electron chi connectivity index (χ2n) is 5.00. The van der Waals surface area contributed by atoms with Gasteiger partial charge >= 0.3 is 0 Å². The van der Waals surface area contributed by atoms with E-state index in [1.807, 2.05) is 18.2 Å². The highest BCUT2D eigenvalue weighted by atomic mass is 19.1. The lowest BCUT2D eigenvalue weighted by molar-refractivity contribution is 0.455. The van der Waals surface area contributed by atoms with Crippen LogP contribution in [0.25, 0.3) is 11.3 Å². The molecule has 98 valence electrons. The number of pyridine rings is 1. The van der Waals surface area contributed by atoms with Crippen LogP contribution in [0.5, 0.6) is 0 Å². The Bertz CT molecular complexity index is 562. The minimum atomic E-state index is -0.218. The second kappa shape index (κ2) is 5.49. The van der Waals surface area contributed by atoms with E-state index in [4.69, 9.17) is 4.98 Å². The van der Waals surface area contributed by atoms with Crippen molar-refractivity contribution in [3.63, 3.8) is 0 Å². The summed E-state index contributed by atoms with van der Waals surface area (Å²) < 4.78 is 13.3. The van der Waals surface area contributed by atoms with Gasteiger partial charge in [0.25, 0.3) is 0 Å². The lowest BCUT2D eigenvalue weighted by atomic mass is 9.95. The minimum Gasteiger partial charge on any atom is -0.316 e. The molecule has 2 heterocycles. The number of nitrogens with one attached hydrogen (secondary N) is 1. The van der Waals surface area contributed by atoms with Gasteiger partial charge in [0.1, 0.15) is 5.82 Å². The third-order valence-corrected chi connectivity index (χ3v) is 3.61. The first-order chi connectivity index (χ1) is 9.33. The fraction of sp³-hybridized carbons (Fsp3) is 0.312. The third-order valence-electron chi connectivity index (χ3n) is 3.61. The molecule has 1 aromatic heterocycles. The highest BCUT2D eigenvalue weighted by Gasteiger charge is 2.16. The van der Waals surface area contributed by atoms with Crippen LogP contribution >= 0.6 is 0 Å². The highest BCUT2D eigenvalue weighted by molar-refractivity contribution is 5.59. The molecule has 0 amide bonds. The van der Waals surface area contributed by atoms with Crippen LogP contribution in [0.15, 0.2) is 42.5 Å². The number of hydrogen-bond donors (Lipinski definition) is 1. The van der Waals surface area contributed by atoms with Gasteiger partial charge in [-0.25, -0.2) is 4.39 Å². The molecule has 19 heavy (non-hydrogen) atoms. The molecule has 2 aromatic rings. The van der Waals surface area contributed by atoms with E-state index in [9.17, 15) is 4.39 Å². The number of piperidine rings is 1. The maximum absolute atomic E-state index is 13.3. The van der Waals surface area contributed by atoms with Gasteiger partial charge in [-0.05, 0) is 43.7 Å². The largest absolute Gasteiger partial charge is 0.316 e. The summed E-state index contributed by atoms with van der Waals surface area (Å²) in [4.78, 5) is 4.70. The Morgan fingerprint density at radius 3 is 2.84 bits per heavy atom. The lowest BCUT2D eigenvalue weighted by Gasteiger charge is -2.22. The predicted octanol–water partition coefficient (Wildman–Crippen LogP) is 3.35. The van der Waals surface area contributed by atoms with E-state index >= 15 is 0 Å². The molecular weight excluding hydrogens is 239 g/mol. The molecule has 0 aliphatic carbocycles. The number of nitrogens with zero attached hydrogens (tertiary/aromatic N) is 1. The van der Waals surface area contributed by atoms with Crippen molar-refractivity contribution in [2.24, 2.45) is 0 Å². The van der Waals surface area contributed by atoms with E-state index in [-0.39, 0.29) is 5.82 Å². The molecular formula is C16H17FN2. The topological polar surface area (TPSA) is 24.9 Å². The van der Waals surface area contributed by atoms with Crippen molar-refractivity contribution < 1.29 is 4.39 Å². The molecule has 1 atom stereocenters. The van der Waals surface area contributed by atoms with Crippen LogP contribution < -0.4 is 5.32 Å². The quantitative estimate of drug-likeness (QED) is 0.891. The van der Waals surface area contributed by atoms with E-state index < -0.39 is 0 Å². The van der Waals surface area contributed by atoms with Crippen molar-refractivity contribution in [3.8, 4) is 11.3 Å². The van der Waals surface area contributed by atoms with Crippen LogP contribution in [0.1, 0.15) is 24.5 Å². The lowest BCUT2D eigenvalue weighted by Crippen LogP contribution is -2.28. The molecule has 0 saturated carbocycles. The van der Waals surface area contributed by atoms with Crippen molar-refractivity contribution in [1.29, 1.82) is 0 Å². The number of hydrogen-bond acceptors (Lipinski definition) is 2. The Morgan fingerprint density at radius 1 is 1.16 bits per heavy atom. The van der Waals surface area contributed by atoms with Gasteiger partial charge in [-0.3, -0.25) is 4.98 Å². The molecule has 2 nitrogen and oxygen atoms in total. The molecule has 0 bridgehead atoms. The van der Waals surface area contributed by atoms with Gasteiger partial charge in [0.2, 0.25) is 0 Å². The van der Waals surface area contributed by atoms with Crippen LogP contribution in [0.4, 0.5) is 4.39 Å². The number of rotatable bonds is 2. The summed E-state index contributed by atoms with van der Waals surface area (Å²) in [6.07, 6.45) is 2.36. The zero-order chi connectivity index (χ0) is 13.1. The first-order valence-electron chi connectivity index (χ1n) is 6.76. The molecule has 1 unspecified atom stereocenters. The average Bonchev–Trinajstić information content (AvgIpc) is 2.48. The Hall–Kier alpha value is -1.74. The zero-order valence-electron chi connectivity index (χ0n) is 10.8.